The normalized spacial score (nSPS) is 17.9. The minimum Gasteiger partial charge on any atom is -0.480 e. The molecule has 1 aromatic carbocycles. The molecule has 4 nitrogen and oxygen atoms in total. The van der Waals surface area contributed by atoms with E-state index in [-0.39, 0.29) is 11.8 Å². The van der Waals surface area contributed by atoms with Crippen molar-refractivity contribution in [3.8, 4) is 0 Å². The van der Waals surface area contributed by atoms with Crippen molar-refractivity contribution in [3.05, 3.63) is 35.4 Å². The third-order valence-corrected chi connectivity index (χ3v) is 4.15. The summed E-state index contributed by atoms with van der Waals surface area (Å²) in [6.45, 7) is 4.35. The fourth-order valence-corrected chi connectivity index (χ4v) is 2.85. The summed E-state index contributed by atoms with van der Waals surface area (Å²) in [5, 5.41) is 9.42. The van der Waals surface area contributed by atoms with Gasteiger partial charge in [-0.1, -0.05) is 38.1 Å². The Kier molecular flexibility index (Phi) is 4.42. The number of carboxylic acid groups (broad SMARTS) is 1. The van der Waals surface area contributed by atoms with Crippen LogP contribution in [0, 0.1) is 5.92 Å². The highest BCUT2D eigenvalue weighted by atomic mass is 16.4. The van der Waals surface area contributed by atoms with E-state index in [0.29, 0.717) is 13.0 Å². The SMILES string of the molecule is CCC(CC)C(=O)N1Cc2ccccc2CC1C(=O)O. The average molecular weight is 275 g/mol. The number of hydrogen-bond donors (Lipinski definition) is 1. The van der Waals surface area contributed by atoms with Crippen molar-refractivity contribution in [2.24, 2.45) is 5.92 Å². The lowest BCUT2D eigenvalue weighted by Crippen LogP contribution is -2.50. The van der Waals surface area contributed by atoms with Crippen LogP contribution in [-0.2, 0) is 22.6 Å². The largest absolute Gasteiger partial charge is 0.480 e. The van der Waals surface area contributed by atoms with Gasteiger partial charge >= 0.3 is 5.97 Å². The van der Waals surface area contributed by atoms with Crippen LogP contribution < -0.4 is 0 Å². The first-order valence-electron chi connectivity index (χ1n) is 7.18. The van der Waals surface area contributed by atoms with Gasteiger partial charge in [-0.25, -0.2) is 4.79 Å². The lowest BCUT2D eigenvalue weighted by atomic mass is 9.91. The Balaban J connectivity index is 2.31. The minimum absolute atomic E-state index is 0.0306. The van der Waals surface area contributed by atoms with Crippen LogP contribution >= 0.6 is 0 Å². The van der Waals surface area contributed by atoms with E-state index in [2.05, 4.69) is 0 Å². The number of aliphatic carboxylic acids is 1. The Morgan fingerprint density at radius 3 is 2.40 bits per heavy atom. The van der Waals surface area contributed by atoms with E-state index >= 15 is 0 Å². The van der Waals surface area contributed by atoms with Gasteiger partial charge in [0.05, 0.1) is 0 Å². The van der Waals surface area contributed by atoms with Crippen LogP contribution in [0.15, 0.2) is 24.3 Å². The number of hydrogen-bond acceptors (Lipinski definition) is 2. The van der Waals surface area contributed by atoms with E-state index < -0.39 is 12.0 Å². The summed E-state index contributed by atoms with van der Waals surface area (Å²) in [4.78, 5) is 25.6. The summed E-state index contributed by atoms with van der Waals surface area (Å²) in [7, 11) is 0. The van der Waals surface area contributed by atoms with Crippen LogP contribution in [0.2, 0.25) is 0 Å². The van der Waals surface area contributed by atoms with Crippen molar-refractivity contribution >= 4 is 11.9 Å². The smallest absolute Gasteiger partial charge is 0.326 e. The lowest BCUT2D eigenvalue weighted by molar-refractivity contribution is -0.153. The van der Waals surface area contributed by atoms with Gasteiger partial charge in [-0.05, 0) is 24.0 Å². The van der Waals surface area contributed by atoms with Crippen LogP contribution in [-0.4, -0.2) is 27.9 Å². The van der Waals surface area contributed by atoms with E-state index in [9.17, 15) is 14.7 Å². The Morgan fingerprint density at radius 1 is 1.25 bits per heavy atom. The highest BCUT2D eigenvalue weighted by Crippen LogP contribution is 2.26. The Bertz CT molecular complexity index is 508. The molecule has 1 atom stereocenters. The topological polar surface area (TPSA) is 57.6 Å². The lowest BCUT2D eigenvalue weighted by Gasteiger charge is -2.36. The Morgan fingerprint density at radius 2 is 1.85 bits per heavy atom. The Labute approximate surface area is 119 Å². The minimum atomic E-state index is -0.918. The van der Waals surface area contributed by atoms with E-state index in [1.807, 2.05) is 38.1 Å². The van der Waals surface area contributed by atoms with Gasteiger partial charge in [0.2, 0.25) is 5.91 Å². The summed E-state index contributed by atoms with van der Waals surface area (Å²) < 4.78 is 0. The molecule has 1 N–H and O–H groups in total. The highest BCUT2D eigenvalue weighted by molar-refractivity contribution is 5.85. The molecule has 0 spiro atoms. The molecule has 2 rings (SSSR count). The van der Waals surface area contributed by atoms with Gasteiger partial charge < -0.3 is 10.0 Å². The molecule has 0 saturated heterocycles. The number of nitrogens with zero attached hydrogens (tertiary/aromatic N) is 1. The second-order valence-electron chi connectivity index (χ2n) is 5.31. The number of carboxylic acids is 1. The molecule has 0 aliphatic carbocycles. The molecule has 1 unspecified atom stereocenters. The van der Waals surface area contributed by atoms with E-state index in [1.54, 1.807) is 4.90 Å². The summed E-state index contributed by atoms with van der Waals surface area (Å²) in [5.41, 5.74) is 2.10. The quantitative estimate of drug-likeness (QED) is 0.918. The third-order valence-electron chi connectivity index (χ3n) is 4.15. The highest BCUT2D eigenvalue weighted by Gasteiger charge is 2.36. The summed E-state index contributed by atoms with van der Waals surface area (Å²) >= 11 is 0. The Hall–Kier alpha value is -1.84. The van der Waals surface area contributed by atoms with Crippen LogP contribution in [0.3, 0.4) is 0 Å². The van der Waals surface area contributed by atoms with Gasteiger partial charge in [0.25, 0.3) is 0 Å². The zero-order valence-electron chi connectivity index (χ0n) is 12.0. The maximum Gasteiger partial charge on any atom is 0.326 e. The summed E-state index contributed by atoms with van der Waals surface area (Å²) in [6.07, 6.45) is 1.90. The number of carbonyl (C=O) groups excluding carboxylic acids is 1. The molecule has 1 heterocycles. The molecule has 4 heteroatoms. The van der Waals surface area contributed by atoms with Crippen molar-refractivity contribution < 1.29 is 14.7 Å². The first-order valence-corrected chi connectivity index (χ1v) is 7.18. The van der Waals surface area contributed by atoms with E-state index in [4.69, 9.17) is 0 Å². The second kappa shape index (κ2) is 6.07. The number of fused-ring (bicyclic) bond motifs is 1. The second-order valence-corrected chi connectivity index (χ2v) is 5.31. The molecule has 108 valence electrons. The van der Waals surface area contributed by atoms with E-state index in [0.717, 1.165) is 24.0 Å². The van der Waals surface area contributed by atoms with Gasteiger partial charge in [0.15, 0.2) is 0 Å². The van der Waals surface area contributed by atoms with Crippen LogP contribution in [0.5, 0.6) is 0 Å². The monoisotopic (exact) mass is 275 g/mol. The van der Waals surface area contributed by atoms with Crippen molar-refractivity contribution in [2.75, 3.05) is 0 Å². The van der Waals surface area contributed by atoms with Crippen molar-refractivity contribution in [1.29, 1.82) is 0 Å². The number of amides is 1. The predicted octanol–water partition coefficient (Wildman–Crippen LogP) is 2.46. The molecule has 1 aliphatic rings. The molecule has 0 bridgehead atoms. The maximum atomic E-state index is 12.5. The van der Waals surface area contributed by atoms with Crippen LogP contribution in [0.25, 0.3) is 0 Å². The number of carbonyl (C=O) groups is 2. The molecule has 0 fully saturated rings. The molecular weight excluding hydrogens is 254 g/mol. The third kappa shape index (κ3) is 2.69. The molecule has 20 heavy (non-hydrogen) atoms. The van der Waals surface area contributed by atoms with Crippen molar-refractivity contribution in [3.63, 3.8) is 0 Å². The first kappa shape index (κ1) is 14.6. The molecule has 0 aromatic heterocycles. The van der Waals surface area contributed by atoms with Gasteiger partial charge in [-0.15, -0.1) is 0 Å². The number of benzene rings is 1. The van der Waals surface area contributed by atoms with Crippen molar-refractivity contribution in [1.82, 2.24) is 4.90 Å². The molecule has 1 aliphatic heterocycles. The average Bonchev–Trinajstić information content (AvgIpc) is 2.46. The van der Waals surface area contributed by atoms with Gasteiger partial charge in [0, 0.05) is 18.9 Å². The molecule has 1 amide bonds. The molecule has 1 aromatic rings. The predicted molar refractivity (Wildman–Crippen MR) is 76.2 cm³/mol. The number of rotatable bonds is 4. The van der Waals surface area contributed by atoms with Crippen molar-refractivity contribution in [2.45, 2.75) is 45.7 Å². The zero-order valence-corrected chi connectivity index (χ0v) is 12.0. The van der Waals surface area contributed by atoms with E-state index in [1.165, 1.54) is 0 Å². The maximum absolute atomic E-state index is 12.5. The molecule has 0 radical (unpaired) electrons. The summed E-state index contributed by atoms with van der Waals surface area (Å²) in [5.74, 6) is -1.03. The fourth-order valence-electron chi connectivity index (χ4n) is 2.85. The summed E-state index contributed by atoms with van der Waals surface area (Å²) in [6, 6.07) is 7.03. The van der Waals surface area contributed by atoms with Gasteiger partial charge in [0.1, 0.15) is 6.04 Å². The molecule has 0 saturated carbocycles. The standard InChI is InChI=1S/C16H21NO3/c1-3-11(4-2)15(18)17-10-13-8-6-5-7-12(13)9-14(17)16(19)20/h5-8,11,14H,3-4,9-10H2,1-2H3,(H,19,20). The van der Waals surface area contributed by atoms with Gasteiger partial charge in [-0.3, -0.25) is 4.79 Å². The fraction of sp³-hybridized carbons (Fsp3) is 0.500. The molecular formula is C16H21NO3. The van der Waals surface area contributed by atoms with Crippen LogP contribution in [0.4, 0.5) is 0 Å². The zero-order chi connectivity index (χ0) is 14.7. The van der Waals surface area contributed by atoms with Gasteiger partial charge in [-0.2, -0.15) is 0 Å². The first-order chi connectivity index (χ1) is 9.58. The van der Waals surface area contributed by atoms with Crippen LogP contribution in [0.1, 0.15) is 37.8 Å².